The van der Waals surface area contributed by atoms with E-state index in [0.29, 0.717) is 6.42 Å². The molecule has 11 heteroatoms. The van der Waals surface area contributed by atoms with Gasteiger partial charge < -0.3 is 36.6 Å². The molecule has 0 saturated heterocycles. The Morgan fingerprint density at radius 3 is 2.63 bits per heavy atom. The van der Waals surface area contributed by atoms with Crippen LogP contribution in [0.15, 0.2) is 36.5 Å². The summed E-state index contributed by atoms with van der Waals surface area (Å²) < 4.78 is 0. The van der Waals surface area contributed by atoms with Crippen LogP contribution in [0.2, 0.25) is 0 Å². The van der Waals surface area contributed by atoms with Gasteiger partial charge in [0.1, 0.15) is 12.1 Å². The molecule has 0 aromatic carbocycles. The lowest BCUT2D eigenvalue weighted by Gasteiger charge is -2.26. The lowest BCUT2D eigenvalue weighted by atomic mass is 10.0. The second-order valence-corrected chi connectivity index (χ2v) is 9.59. The Morgan fingerprint density at radius 2 is 1.95 bits per heavy atom. The molecule has 0 aromatic rings. The van der Waals surface area contributed by atoms with Crippen LogP contribution in [0.5, 0.6) is 0 Å². The van der Waals surface area contributed by atoms with Crippen LogP contribution in [0, 0.1) is 0 Å². The van der Waals surface area contributed by atoms with Gasteiger partial charge in [-0.1, -0.05) is 50.5 Å². The van der Waals surface area contributed by atoms with Gasteiger partial charge in [0.25, 0.3) is 0 Å². The molecule has 1 rings (SSSR count). The van der Waals surface area contributed by atoms with E-state index in [1.165, 1.54) is 31.2 Å². The topological polar surface area (TPSA) is 177 Å². The van der Waals surface area contributed by atoms with E-state index in [1.54, 1.807) is 19.1 Å². The average Bonchev–Trinajstić information content (AvgIpc) is 2.84. The normalized spacial score (nSPS) is 24.4. The first-order valence-corrected chi connectivity index (χ1v) is 13.3. The summed E-state index contributed by atoms with van der Waals surface area (Å²) in [4.78, 5) is 49.7. The van der Waals surface area contributed by atoms with Crippen molar-refractivity contribution in [3.05, 3.63) is 36.5 Å². The third-order valence-corrected chi connectivity index (χ3v) is 5.93. The van der Waals surface area contributed by atoms with Crippen molar-refractivity contribution >= 4 is 23.6 Å². The van der Waals surface area contributed by atoms with Crippen molar-refractivity contribution in [2.45, 2.75) is 102 Å². The lowest BCUT2D eigenvalue weighted by molar-refractivity contribution is -0.134. The van der Waals surface area contributed by atoms with Crippen molar-refractivity contribution in [2.75, 3.05) is 6.54 Å². The monoisotopic (exact) mass is 536 g/mol. The summed E-state index contributed by atoms with van der Waals surface area (Å²) in [6.45, 7) is 5.26. The van der Waals surface area contributed by atoms with Crippen molar-refractivity contribution in [3.8, 4) is 0 Å². The van der Waals surface area contributed by atoms with Crippen LogP contribution in [0.4, 0.5) is 0 Å². The van der Waals surface area contributed by atoms with Crippen LogP contribution in [0.3, 0.4) is 0 Å². The molecule has 0 aliphatic carbocycles. The molecule has 7 N–H and O–H groups in total. The minimum absolute atomic E-state index is 0.126. The number of rotatable bonds is 12. The molecule has 0 radical (unpaired) electrons. The molecule has 4 amide bonds. The van der Waals surface area contributed by atoms with Crippen LogP contribution < -0.4 is 21.3 Å². The van der Waals surface area contributed by atoms with Gasteiger partial charge in [0.05, 0.1) is 18.3 Å². The molecule has 1 heterocycles. The van der Waals surface area contributed by atoms with Gasteiger partial charge in [-0.2, -0.15) is 0 Å². The minimum atomic E-state index is -1.35. The summed E-state index contributed by atoms with van der Waals surface area (Å²) >= 11 is 0. The van der Waals surface area contributed by atoms with Crippen LogP contribution in [0.1, 0.15) is 65.7 Å². The van der Waals surface area contributed by atoms with Gasteiger partial charge in [0.2, 0.25) is 23.6 Å². The Morgan fingerprint density at radius 1 is 1.21 bits per heavy atom. The molecule has 0 spiro atoms. The van der Waals surface area contributed by atoms with E-state index in [-0.39, 0.29) is 25.3 Å². The fraction of sp³-hybridized carbons (Fsp3) is 0.630. The molecule has 1 aliphatic rings. The number of nitrogens with one attached hydrogen (secondary N) is 4. The predicted octanol–water partition coefficient (Wildman–Crippen LogP) is 0.112. The van der Waals surface area contributed by atoms with Gasteiger partial charge >= 0.3 is 0 Å². The third-order valence-electron chi connectivity index (χ3n) is 5.93. The third kappa shape index (κ3) is 14.1. The SMILES string of the molecule is CCCCC[C@H](O)C/C=C/C=C/C(=O)N[C@H](C(=O)N[C@H]1C[C@@H](O)CCNC(=O)/C=C/[C@H](C)NC1=O)[C@@H](C)O. The van der Waals surface area contributed by atoms with Crippen LogP contribution in [-0.4, -0.2) is 81.9 Å². The lowest BCUT2D eigenvalue weighted by Crippen LogP contribution is -2.58. The van der Waals surface area contributed by atoms with Crippen molar-refractivity contribution in [3.63, 3.8) is 0 Å². The zero-order chi connectivity index (χ0) is 28.5. The van der Waals surface area contributed by atoms with Crippen molar-refractivity contribution in [1.82, 2.24) is 21.3 Å². The Hall–Kier alpha value is -3.02. The van der Waals surface area contributed by atoms with Crippen LogP contribution in [-0.2, 0) is 19.2 Å². The first-order chi connectivity index (χ1) is 18.0. The number of unbranched alkanes of at least 4 members (excludes halogenated alkanes) is 2. The van der Waals surface area contributed by atoms with E-state index in [9.17, 15) is 34.5 Å². The molecule has 6 atom stereocenters. The number of carbonyl (C=O) groups excluding carboxylic acids is 4. The quantitative estimate of drug-likeness (QED) is 0.105. The molecule has 1 aliphatic heterocycles. The smallest absolute Gasteiger partial charge is 0.245 e. The maximum absolute atomic E-state index is 12.9. The maximum Gasteiger partial charge on any atom is 0.245 e. The first kappa shape index (κ1) is 33.0. The number of amides is 4. The Bertz CT molecular complexity index is 856. The summed E-state index contributed by atoms with van der Waals surface area (Å²) in [5.41, 5.74) is 0. The van der Waals surface area contributed by atoms with E-state index in [4.69, 9.17) is 0 Å². The standard InChI is InChI=1S/C27H44N4O7/c1-4-5-7-10-20(33)11-8-6-9-12-24(36)31-25(19(3)32)27(38)30-22-17-21(34)15-16-28-23(35)14-13-18(2)29-26(22)37/h6,8-9,12-14,18-22,25,32-34H,4-5,7,10-11,15-17H2,1-3H3,(H,28,35)(H,29,37)(H,30,38)(H,31,36)/b8-6+,12-9+,14-13+/t18-,19+,20-,21-,22-,25-/m0/s1. The molecule has 0 aromatic heterocycles. The number of allylic oxidation sites excluding steroid dienone is 2. The highest BCUT2D eigenvalue weighted by atomic mass is 16.3. The van der Waals surface area contributed by atoms with E-state index in [2.05, 4.69) is 28.2 Å². The van der Waals surface area contributed by atoms with Gasteiger partial charge in [-0.25, -0.2) is 0 Å². The predicted molar refractivity (Wildman–Crippen MR) is 144 cm³/mol. The number of aliphatic hydroxyl groups excluding tert-OH is 3. The van der Waals surface area contributed by atoms with Gasteiger partial charge in [0.15, 0.2) is 0 Å². The summed E-state index contributed by atoms with van der Waals surface area (Å²) in [5.74, 6) is -2.34. The van der Waals surface area contributed by atoms with Gasteiger partial charge in [-0.15, -0.1) is 0 Å². The number of hydrogen-bond donors (Lipinski definition) is 7. The fourth-order valence-corrected chi connectivity index (χ4v) is 3.72. The second kappa shape index (κ2) is 18.3. The molecule has 0 unspecified atom stereocenters. The number of aliphatic hydroxyl groups is 3. The highest BCUT2D eigenvalue weighted by molar-refractivity contribution is 5.95. The Labute approximate surface area is 224 Å². The Kier molecular flexibility index (Phi) is 15.9. The van der Waals surface area contributed by atoms with E-state index >= 15 is 0 Å². The largest absolute Gasteiger partial charge is 0.393 e. The molecular weight excluding hydrogens is 492 g/mol. The molecular formula is C27H44N4O7. The highest BCUT2D eigenvalue weighted by Gasteiger charge is 2.31. The molecule has 0 saturated carbocycles. The summed E-state index contributed by atoms with van der Waals surface area (Å²) in [7, 11) is 0. The van der Waals surface area contributed by atoms with E-state index < -0.39 is 54.2 Å². The van der Waals surface area contributed by atoms with E-state index in [1.807, 2.05) is 0 Å². The number of carbonyl (C=O) groups is 4. The van der Waals surface area contributed by atoms with Crippen LogP contribution >= 0.6 is 0 Å². The first-order valence-electron chi connectivity index (χ1n) is 13.3. The zero-order valence-electron chi connectivity index (χ0n) is 22.6. The number of hydrogen-bond acceptors (Lipinski definition) is 7. The summed E-state index contributed by atoms with van der Waals surface area (Å²) in [6, 6.07) is -3.00. The summed E-state index contributed by atoms with van der Waals surface area (Å²) in [5, 5.41) is 40.6. The van der Waals surface area contributed by atoms with Gasteiger partial charge in [-0.05, 0) is 33.1 Å². The Balaban J connectivity index is 2.75. The molecule has 214 valence electrons. The minimum Gasteiger partial charge on any atom is -0.393 e. The van der Waals surface area contributed by atoms with Crippen molar-refractivity contribution < 1.29 is 34.5 Å². The van der Waals surface area contributed by atoms with E-state index in [0.717, 1.165) is 25.7 Å². The molecule has 0 fully saturated rings. The average molecular weight is 537 g/mol. The zero-order valence-corrected chi connectivity index (χ0v) is 22.6. The molecule has 38 heavy (non-hydrogen) atoms. The maximum atomic E-state index is 12.9. The van der Waals surface area contributed by atoms with Crippen LogP contribution in [0.25, 0.3) is 0 Å². The fourth-order valence-electron chi connectivity index (χ4n) is 3.72. The molecule has 0 bridgehead atoms. The molecule has 11 nitrogen and oxygen atoms in total. The van der Waals surface area contributed by atoms with Gasteiger partial charge in [0, 0.05) is 31.2 Å². The highest BCUT2D eigenvalue weighted by Crippen LogP contribution is 2.08. The second-order valence-electron chi connectivity index (χ2n) is 9.59. The van der Waals surface area contributed by atoms with Crippen molar-refractivity contribution in [1.29, 1.82) is 0 Å². The summed E-state index contributed by atoms with van der Waals surface area (Å²) in [6.07, 6.45) is 10.4. The van der Waals surface area contributed by atoms with Crippen molar-refractivity contribution in [2.24, 2.45) is 0 Å². The van der Waals surface area contributed by atoms with Gasteiger partial charge in [-0.3, -0.25) is 19.2 Å².